The highest BCUT2D eigenvalue weighted by Crippen LogP contribution is 2.27. The molecule has 2 N–H and O–H groups in total. The Labute approximate surface area is 248 Å². The number of carbonyl (C=O) groups is 2. The molecule has 0 aromatic heterocycles. The molecule has 6 heteroatoms. The average molecular weight is 563 g/mol. The number of rotatable bonds is 20. The van der Waals surface area contributed by atoms with Crippen molar-refractivity contribution in [3.05, 3.63) is 0 Å². The Morgan fingerprint density at radius 2 is 1.23 bits per heavy atom. The van der Waals surface area contributed by atoms with E-state index in [4.69, 9.17) is 0 Å². The van der Waals surface area contributed by atoms with Gasteiger partial charge >= 0.3 is 0 Å². The Morgan fingerprint density at radius 3 is 1.73 bits per heavy atom. The number of nitrogens with one attached hydrogen (secondary N) is 2. The van der Waals surface area contributed by atoms with Gasteiger partial charge in [-0.15, -0.1) is 0 Å². The van der Waals surface area contributed by atoms with Gasteiger partial charge < -0.3 is 20.4 Å². The van der Waals surface area contributed by atoms with Crippen LogP contribution in [0.15, 0.2) is 0 Å². The van der Waals surface area contributed by atoms with E-state index in [0.717, 1.165) is 44.3 Å². The second kappa shape index (κ2) is 18.5. The van der Waals surface area contributed by atoms with Crippen molar-refractivity contribution in [1.29, 1.82) is 0 Å². The lowest BCUT2D eigenvalue weighted by Gasteiger charge is -2.34. The molecule has 2 fully saturated rings. The standard InChI is InChI=1S/C34H66N4O2/c1-7-33(3,4)31(39)15-10-16-32(40)35-21-11-23-37-25-17-29(18-26-37)13-9-14-30-19-27-38(28-20-30)24-12-22-36-34(5,6)8-2/h29-30,36H,7-28H2,1-6H3,(H,35,40). The van der Waals surface area contributed by atoms with Crippen molar-refractivity contribution < 1.29 is 9.59 Å². The fraction of sp³-hybridized carbons (Fsp3) is 0.941. The van der Waals surface area contributed by atoms with Crippen LogP contribution in [0, 0.1) is 17.3 Å². The van der Waals surface area contributed by atoms with Crippen LogP contribution in [0.5, 0.6) is 0 Å². The predicted octanol–water partition coefficient (Wildman–Crippen LogP) is 6.43. The number of likely N-dealkylation sites (tertiary alicyclic amines) is 2. The summed E-state index contributed by atoms with van der Waals surface area (Å²) in [5.41, 5.74) is 0.0181. The van der Waals surface area contributed by atoms with Gasteiger partial charge in [0.2, 0.25) is 5.91 Å². The van der Waals surface area contributed by atoms with E-state index in [1.165, 1.54) is 90.5 Å². The summed E-state index contributed by atoms with van der Waals surface area (Å²) >= 11 is 0. The van der Waals surface area contributed by atoms with E-state index >= 15 is 0 Å². The van der Waals surface area contributed by atoms with E-state index in [1.807, 2.05) is 20.8 Å². The molecule has 0 saturated carbocycles. The molecule has 2 aliphatic heterocycles. The van der Waals surface area contributed by atoms with E-state index in [0.29, 0.717) is 19.3 Å². The lowest BCUT2D eigenvalue weighted by atomic mass is 9.83. The van der Waals surface area contributed by atoms with Gasteiger partial charge in [0.1, 0.15) is 5.78 Å². The molecule has 2 rings (SSSR count). The monoisotopic (exact) mass is 563 g/mol. The lowest BCUT2D eigenvalue weighted by molar-refractivity contribution is -0.127. The summed E-state index contributed by atoms with van der Waals surface area (Å²) in [5.74, 6) is 2.23. The fourth-order valence-electron chi connectivity index (χ4n) is 6.11. The molecule has 0 atom stereocenters. The van der Waals surface area contributed by atoms with Crippen LogP contribution < -0.4 is 10.6 Å². The summed E-state index contributed by atoms with van der Waals surface area (Å²) in [6, 6.07) is 0. The Kier molecular flexibility index (Phi) is 16.3. The fourth-order valence-corrected chi connectivity index (χ4v) is 6.11. The highest BCUT2D eigenvalue weighted by Gasteiger charge is 2.25. The summed E-state index contributed by atoms with van der Waals surface area (Å²) < 4.78 is 0. The number of Topliss-reactive ketones (excluding diaryl/α,β-unsaturated/α-hetero) is 1. The van der Waals surface area contributed by atoms with E-state index in [-0.39, 0.29) is 22.6 Å². The van der Waals surface area contributed by atoms with E-state index in [2.05, 4.69) is 41.2 Å². The number of carbonyl (C=O) groups excluding carboxylic acids is 2. The molecule has 40 heavy (non-hydrogen) atoms. The van der Waals surface area contributed by atoms with Crippen molar-refractivity contribution in [3.63, 3.8) is 0 Å². The van der Waals surface area contributed by atoms with Crippen LogP contribution in [0.25, 0.3) is 0 Å². The topological polar surface area (TPSA) is 64.7 Å². The highest BCUT2D eigenvalue weighted by molar-refractivity contribution is 5.84. The number of piperidine rings is 2. The molecule has 0 aliphatic carbocycles. The first-order chi connectivity index (χ1) is 19.0. The van der Waals surface area contributed by atoms with Crippen molar-refractivity contribution in [1.82, 2.24) is 20.4 Å². The minimum Gasteiger partial charge on any atom is -0.356 e. The Bertz CT molecular complexity index is 707. The lowest BCUT2D eigenvalue weighted by Crippen LogP contribution is -2.41. The first-order valence-electron chi connectivity index (χ1n) is 17.0. The van der Waals surface area contributed by atoms with Gasteiger partial charge in [-0.2, -0.15) is 0 Å². The molecule has 2 saturated heterocycles. The molecule has 6 nitrogen and oxygen atoms in total. The van der Waals surface area contributed by atoms with Gasteiger partial charge in [-0.1, -0.05) is 47.0 Å². The van der Waals surface area contributed by atoms with Crippen molar-refractivity contribution in [3.8, 4) is 0 Å². The van der Waals surface area contributed by atoms with E-state index in [1.54, 1.807) is 0 Å². The van der Waals surface area contributed by atoms with Gasteiger partial charge in [0.25, 0.3) is 0 Å². The first kappa shape index (κ1) is 35.2. The molecule has 0 spiro atoms. The van der Waals surface area contributed by atoms with Crippen LogP contribution in [0.1, 0.15) is 131 Å². The molecule has 0 unspecified atom stereocenters. The Morgan fingerprint density at radius 1 is 0.700 bits per heavy atom. The second-order valence-corrected chi connectivity index (χ2v) is 14.2. The molecule has 0 aromatic rings. The number of nitrogens with zero attached hydrogens (tertiary/aromatic N) is 2. The van der Waals surface area contributed by atoms with Crippen molar-refractivity contribution in [2.75, 3.05) is 52.4 Å². The second-order valence-electron chi connectivity index (χ2n) is 14.2. The number of ketones is 1. The number of hydrogen-bond donors (Lipinski definition) is 2. The summed E-state index contributed by atoms with van der Waals surface area (Å²) in [6.45, 7) is 22.2. The maximum absolute atomic E-state index is 12.2. The number of hydrogen-bond acceptors (Lipinski definition) is 5. The minimum absolute atomic E-state index is 0.0929. The minimum atomic E-state index is -0.259. The van der Waals surface area contributed by atoms with Gasteiger partial charge in [-0.3, -0.25) is 9.59 Å². The quantitative estimate of drug-likeness (QED) is 0.167. The van der Waals surface area contributed by atoms with Crippen molar-refractivity contribution >= 4 is 11.7 Å². The Balaban J connectivity index is 1.43. The van der Waals surface area contributed by atoms with Gasteiger partial charge in [0.15, 0.2) is 0 Å². The average Bonchev–Trinajstić information content (AvgIpc) is 2.95. The zero-order chi connectivity index (χ0) is 29.4. The molecule has 2 aliphatic rings. The van der Waals surface area contributed by atoms with E-state index in [9.17, 15) is 9.59 Å². The van der Waals surface area contributed by atoms with Crippen molar-refractivity contribution in [2.45, 2.75) is 137 Å². The maximum atomic E-state index is 12.2. The first-order valence-corrected chi connectivity index (χ1v) is 17.0. The maximum Gasteiger partial charge on any atom is 0.220 e. The summed E-state index contributed by atoms with van der Waals surface area (Å²) in [4.78, 5) is 29.6. The van der Waals surface area contributed by atoms with Crippen molar-refractivity contribution in [2.24, 2.45) is 17.3 Å². The predicted molar refractivity (Wildman–Crippen MR) is 170 cm³/mol. The molecule has 0 radical (unpaired) electrons. The largest absolute Gasteiger partial charge is 0.356 e. The van der Waals surface area contributed by atoms with E-state index < -0.39 is 0 Å². The molecule has 2 heterocycles. The highest BCUT2D eigenvalue weighted by atomic mass is 16.1. The third-order valence-corrected chi connectivity index (χ3v) is 10.2. The molecule has 1 amide bonds. The van der Waals surface area contributed by atoms with Crippen LogP contribution in [-0.2, 0) is 9.59 Å². The summed E-state index contributed by atoms with van der Waals surface area (Å²) in [7, 11) is 0. The van der Waals surface area contributed by atoms with Crippen LogP contribution in [0.4, 0.5) is 0 Å². The van der Waals surface area contributed by atoms with Crippen LogP contribution >= 0.6 is 0 Å². The number of amides is 1. The molecular weight excluding hydrogens is 496 g/mol. The molecule has 0 aromatic carbocycles. The SMILES string of the molecule is CCC(C)(C)NCCCN1CCC(CCCC2CCN(CCCNC(=O)CCCC(=O)C(C)(C)CC)CC2)CC1. The third kappa shape index (κ3) is 14.3. The van der Waals surface area contributed by atoms with Gasteiger partial charge in [0, 0.05) is 30.3 Å². The van der Waals surface area contributed by atoms with Crippen LogP contribution in [0.2, 0.25) is 0 Å². The Hall–Kier alpha value is -0.980. The summed E-state index contributed by atoms with van der Waals surface area (Å²) in [5, 5.41) is 6.75. The molecular formula is C34H66N4O2. The molecule has 234 valence electrons. The zero-order valence-corrected chi connectivity index (χ0v) is 27.4. The van der Waals surface area contributed by atoms with Crippen LogP contribution in [0.3, 0.4) is 0 Å². The van der Waals surface area contributed by atoms with Gasteiger partial charge in [-0.05, 0) is 129 Å². The van der Waals surface area contributed by atoms with Crippen LogP contribution in [-0.4, -0.2) is 79.4 Å². The molecule has 0 bridgehead atoms. The zero-order valence-electron chi connectivity index (χ0n) is 27.4. The summed E-state index contributed by atoms with van der Waals surface area (Å²) in [6.07, 6.45) is 15.7. The third-order valence-electron chi connectivity index (χ3n) is 10.2. The van der Waals surface area contributed by atoms with Gasteiger partial charge in [0.05, 0.1) is 0 Å². The smallest absolute Gasteiger partial charge is 0.220 e. The van der Waals surface area contributed by atoms with Gasteiger partial charge in [-0.25, -0.2) is 0 Å². The normalized spacial score (nSPS) is 18.8.